The smallest absolute Gasteiger partial charge is 0.416 e. The standard InChI is InChI=1S/C20H21F3N2O4S/c1-19(2)16(11-4-7-13(8-5-11)30(24,27)28)17(19)25-18(26)14-10-12(20(21,22)23)6-9-15(14)29-3/h4-10,16-17H,1-3H3,(H,25,26)(H2,24,27,28)/t16-,17-/m1/s1. The van der Waals surface area contributed by atoms with Gasteiger partial charge in [-0.25, -0.2) is 13.6 Å². The lowest BCUT2D eigenvalue weighted by Gasteiger charge is -2.13. The SMILES string of the molecule is COc1ccc(C(F)(F)F)cc1C(=O)N[C@@H]1[C@@H](c2ccc(S(N)(=O)=O)cc2)C1(C)C. The molecule has 3 rings (SSSR count). The highest BCUT2D eigenvalue weighted by Crippen LogP contribution is 2.58. The van der Waals surface area contributed by atoms with E-state index in [0.29, 0.717) is 0 Å². The fourth-order valence-electron chi connectivity index (χ4n) is 3.67. The summed E-state index contributed by atoms with van der Waals surface area (Å²) >= 11 is 0. The van der Waals surface area contributed by atoms with E-state index in [2.05, 4.69) is 5.32 Å². The van der Waals surface area contributed by atoms with E-state index in [1.165, 1.54) is 19.2 Å². The summed E-state index contributed by atoms with van der Waals surface area (Å²) in [5.74, 6) is -0.791. The maximum atomic E-state index is 13.0. The predicted molar refractivity (Wildman–Crippen MR) is 104 cm³/mol. The zero-order valence-corrected chi connectivity index (χ0v) is 17.3. The Hall–Kier alpha value is -2.59. The Morgan fingerprint density at radius 1 is 1.13 bits per heavy atom. The van der Waals surface area contributed by atoms with Crippen LogP contribution in [-0.4, -0.2) is 27.5 Å². The molecule has 0 spiro atoms. The van der Waals surface area contributed by atoms with Crippen molar-refractivity contribution in [3.63, 3.8) is 0 Å². The van der Waals surface area contributed by atoms with Crippen molar-refractivity contribution in [3.05, 3.63) is 59.2 Å². The van der Waals surface area contributed by atoms with E-state index in [1.807, 2.05) is 13.8 Å². The molecule has 2 aromatic carbocycles. The van der Waals surface area contributed by atoms with Crippen molar-refractivity contribution >= 4 is 15.9 Å². The average Bonchev–Trinajstić information content (AvgIpc) is 3.19. The summed E-state index contributed by atoms with van der Waals surface area (Å²) in [6.45, 7) is 3.80. The first kappa shape index (κ1) is 22.1. The minimum absolute atomic E-state index is 0.0287. The van der Waals surface area contributed by atoms with E-state index in [9.17, 15) is 26.4 Å². The molecule has 1 fully saturated rings. The lowest BCUT2D eigenvalue weighted by molar-refractivity contribution is -0.137. The number of amides is 1. The van der Waals surface area contributed by atoms with Gasteiger partial charge in [0.15, 0.2) is 0 Å². The topological polar surface area (TPSA) is 98.5 Å². The number of alkyl halides is 3. The number of carbonyl (C=O) groups is 1. The minimum Gasteiger partial charge on any atom is -0.496 e. The number of carbonyl (C=O) groups excluding carboxylic acids is 1. The summed E-state index contributed by atoms with van der Waals surface area (Å²) in [6, 6.07) is 8.36. The average molecular weight is 442 g/mol. The lowest BCUT2D eigenvalue weighted by atomic mass is 10.0. The van der Waals surface area contributed by atoms with Crippen LogP contribution in [0, 0.1) is 5.41 Å². The summed E-state index contributed by atoms with van der Waals surface area (Å²) in [5, 5.41) is 7.88. The molecule has 0 heterocycles. The third-order valence-electron chi connectivity index (χ3n) is 5.45. The summed E-state index contributed by atoms with van der Waals surface area (Å²) in [6.07, 6.45) is -4.59. The van der Waals surface area contributed by atoms with Crippen molar-refractivity contribution in [3.8, 4) is 5.75 Å². The number of nitrogens with two attached hydrogens (primary N) is 1. The zero-order valence-electron chi connectivity index (χ0n) is 16.4. The number of nitrogens with one attached hydrogen (secondary N) is 1. The van der Waals surface area contributed by atoms with Crippen molar-refractivity contribution in [2.75, 3.05) is 7.11 Å². The van der Waals surface area contributed by atoms with Crippen molar-refractivity contribution in [1.82, 2.24) is 5.32 Å². The van der Waals surface area contributed by atoms with Crippen LogP contribution >= 0.6 is 0 Å². The molecule has 0 aromatic heterocycles. The fraction of sp³-hybridized carbons (Fsp3) is 0.350. The largest absolute Gasteiger partial charge is 0.496 e. The molecular weight excluding hydrogens is 421 g/mol. The van der Waals surface area contributed by atoms with E-state index in [4.69, 9.17) is 9.88 Å². The number of rotatable bonds is 5. The van der Waals surface area contributed by atoms with Gasteiger partial charge in [-0.15, -0.1) is 0 Å². The highest BCUT2D eigenvalue weighted by Gasteiger charge is 2.59. The molecule has 0 bridgehead atoms. The molecule has 1 amide bonds. The van der Waals surface area contributed by atoms with Gasteiger partial charge >= 0.3 is 6.18 Å². The Morgan fingerprint density at radius 3 is 2.23 bits per heavy atom. The van der Waals surface area contributed by atoms with Gasteiger partial charge in [-0.1, -0.05) is 26.0 Å². The molecule has 2 atom stereocenters. The Kier molecular flexibility index (Phi) is 5.36. The normalized spacial score (nSPS) is 20.5. The number of ether oxygens (including phenoxy) is 1. The van der Waals surface area contributed by atoms with Crippen LogP contribution < -0.4 is 15.2 Å². The van der Waals surface area contributed by atoms with Gasteiger partial charge in [-0.05, 0) is 41.3 Å². The monoisotopic (exact) mass is 442 g/mol. The van der Waals surface area contributed by atoms with Crippen LogP contribution in [0.1, 0.15) is 41.3 Å². The number of methoxy groups -OCH3 is 1. The molecular formula is C20H21F3N2O4S. The zero-order chi connectivity index (χ0) is 22.5. The number of halogens is 3. The maximum Gasteiger partial charge on any atom is 0.416 e. The van der Waals surface area contributed by atoms with Crippen molar-refractivity contribution in [2.45, 2.75) is 36.9 Å². The summed E-state index contributed by atoms with van der Waals surface area (Å²) in [5.41, 5.74) is -0.751. The highest BCUT2D eigenvalue weighted by molar-refractivity contribution is 7.89. The molecule has 0 unspecified atom stereocenters. The van der Waals surface area contributed by atoms with Crippen LogP contribution in [0.25, 0.3) is 0 Å². The maximum absolute atomic E-state index is 13.0. The number of primary sulfonamides is 1. The second kappa shape index (κ2) is 7.28. The molecule has 0 saturated heterocycles. The number of sulfonamides is 1. The van der Waals surface area contributed by atoms with E-state index in [0.717, 1.165) is 23.8 Å². The Bertz CT molecular complexity index is 1080. The van der Waals surface area contributed by atoms with Crippen LogP contribution in [0.4, 0.5) is 13.2 Å². The molecule has 1 aliphatic rings. The first-order valence-corrected chi connectivity index (χ1v) is 10.5. The summed E-state index contributed by atoms with van der Waals surface area (Å²) < 4.78 is 67.0. The van der Waals surface area contributed by atoms with Crippen molar-refractivity contribution in [2.24, 2.45) is 10.6 Å². The van der Waals surface area contributed by atoms with Gasteiger partial charge < -0.3 is 10.1 Å². The fourth-order valence-corrected chi connectivity index (χ4v) is 4.19. The van der Waals surface area contributed by atoms with Gasteiger partial charge in [0.25, 0.3) is 5.91 Å². The number of benzene rings is 2. The van der Waals surface area contributed by atoms with Crippen LogP contribution in [-0.2, 0) is 16.2 Å². The Balaban J connectivity index is 1.84. The Labute approximate surface area is 172 Å². The van der Waals surface area contributed by atoms with E-state index in [1.54, 1.807) is 12.1 Å². The quantitative estimate of drug-likeness (QED) is 0.743. The third kappa shape index (κ3) is 4.15. The molecule has 2 aromatic rings. The second-order valence-electron chi connectivity index (χ2n) is 7.78. The van der Waals surface area contributed by atoms with Gasteiger partial charge in [-0.3, -0.25) is 4.79 Å². The van der Waals surface area contributed by atoms with Gasteiger partial charge in [0.2, 0.25) is 10.0 Å². The molecule has 6 nitrogen and oxygen atoms in total. The van der Waals surface area contributed by atoms with E-state index >= 15 is 0 Å². The molecule has 3 N–H and O–H groups in total. The molecule has 30 heavy (non-hydrogen) atoms. The van der Waals surface area contributed by atoms with Crippen LogP contribution in [0.5, 0.6) is 5.75 Å². The van der Waals surface area contributed by atoms with Gasteiger partial charge in [-0.2, -0.15) is 13.2 Å². The number of hydrogen-bond acceptors (Lipinski definition) is 4. The van der Waals surface area contributed by atoms with Crippen molar-refractivity contribution in [1.29, 1.82) is 0 Å². The third-order valence-corrected chi connectivity index (χ3v) is 6.38. The minimum atomic E-state index is -4.59. The molecule has 1 saturated carbocycles. The van der Waals surface area contributed by atoms with E-state index in [-0.39, 0.29) is 33.6 Å². The molecule has 10 heteroatoms. The summed E-state index contributed by atoms with van der Waals surface area (Å²) in [7, 11) is -2.55. The molecule has 1 aliphatic carbocycles. The van der Waals surface area contributed by atoms with Crippen molar-refractivity contribution < 1.29 is 31.1 Å². The van der Waals surface area contributed by atoms with Gasteiger partial charge in [0.1, 0.15) is 5.75 Å². The van der Waals surface area contributed by atoms with E-state index < -0.39 is 27.7 Å². The van der Waals surface area contributed by atoms with Crippen LogP contribution in [0.15, 0.2) is 47.4 Å². The first-order chi connectivity index (χ1) is 13.8. The predicted octanol–water partition coefficient (Wildman–Crippen LogP) is 3.28. The second-order valence-corrected chi connectivity index (χ2v) is 9.34. The number of hydrogen-bond donors (Lipinski definition) is 2. The van der Waals surface area contributed by atoms with Gasteiger partial charge in [0, 0.05) is 12.0 Å². The summed E-state index contributed by atoms with van der Waals surface area (Å²) in [4.78, 5) is 12.7. The lowest BCUT2D eigenvalue weighted by Crippen LogP contribution is -2.29. The molecule has 0 aliphatic heterocycles. The van der Waals surface area contributed by atoms with Crippen LogP contribution in [0.3, 0.4) is 0 Å². The highest BCUT2D eigenvalue weighted by atomic mass is 32.2. The first-order valence-electron chi connectivity index (χ1n) is 8.95. The molecule has 0 radical (unpaired) electrons. The van der Waals surface area contributed by atoms with Gasteiger partial charge in [0.05, 0.1) is 23.1 Å². The Morgan fingerprint density at radius 2 is 1.73 bits per heavy atom. The molecule has 162 valence electrons. The van der Waals surface area contributed by atoms with Crippen LogP contribution in [0.2, 0.25) is 0 Å².